The fourth-order valence-electron chi connectivity index (χ4n) is 2.38. The van der Waals surface area contributed by atoms with Gasteiger partial charge in [0.15, 0.2) is 0 Å². The standard InChI is InChI=1S/C12H14ClF3N2O2S/c13-11-4-3-9(6-10(11)12(14,15)16)21(19,20)18-5-1-2-8(18)7-17/h3-4,6,8H,1-2,5,7,17H2. The Bertz CT molecular complexity index is 634. The van der Waals surface area contributed by atoms with Crippen LogP contribution >= 0.6 is 11.6 Å². The minimum Gasteiger partial charge on any atom is -0.329 e. The Morgan fingerprint density at radius 2 is 2.05 bits per heavy atom. The lowest BCUT2D eigenvalue weighted by Gasteiger charge is -2.23. The van der Waals surface area contributed by atoms with Crippen LogP contribution in [0.4, 0.5) is 13.2 Å². The number of rotatable bonds is 3. The van der Waals surface area contributed by atoms with E-state index in [0.29, 0.717) is 18.9 Å². The molecule has 1 fully saturated rings. The van der Waals surface area contributed by atoms with Crippen molar-refractivity contribution in [3.8, 4) is 0 Å². The van der Waals surface area contributed by atoms with Gasteiger partial charge in [0.05, 0.1) is 15.5 Å². The lowest BCUT2D eigenvalue weighted by Crippen LogP contribution is -2.39. The number of nitrogens with two attached hydrogens (primary N) is 1. The van der Waals surface area contributed by atoms with E-state index in [9.17, 15) is 21.6 Å². The number of hydrogen-bond donors (Lipinski definition) is 1. The van der Waals surface area contributed by atoms with Crippen LogP contribution in [0.3, 0.4) is 0 Å². The average molecular weight is 343 g/mol. The molecule has 1 atom stereocenters. The van der Waals surface area contributed by atoms with E-state index in [2.05, 4.69) is 0 Å². The van der Waals surface area contributed by atoms with E-state index in [0.717, 1.165) is 16.4 Å². The molecule has 9 heteroatoms. The average Bonchev–Trinajstić information content (AvgIpc) is 2.86. The molecule has 0 aliphatic carbocycles. The maximum atomic E-state index is 12.8. The van der Waals surface area contributed by atoms with Gasteiger partial charge in [-0.25, -0.2) is 8.42 Å². The highest BCUT2D eigenvalue weighted by molar-refractivity contribution is 7.89. The zero-order chi connectivity index (χ0) is 15.8. The highest BCUT2D eigenvalue weighted by atomic mass is 35.5. The van der Waals surface area contributed by atoms with Crippen molar-refractivity contribution in [1.29, 1.82) is 0 Å². The molecule has 1 aliphatic heterocycles. The molecule has 1 aromatic carbocycles. The van der Waals surface area contributed by atoms with Gasteiger partial charge in [0, 0.05) is 19.1 Å². The molecule has 2 N–H and O–H groups in total. The summed E-state index contributed by atoms with van der Waals surface area (Å²) in [6, 6.07) is 2.23. The van der Waals surface area contributed by atoms with Gasteiger partial charge in [0.1, 0.15) is 0 Å². The third-order valence-electron chi connectivity index (χ3n) is 3.45. The Balaban J connectivity index is 2.46. The molecular weight excluding hydrogens is 329 g/mol. The van der Waals surface area contributed by atoms with Crippen LogP contribution in [0, 0.1) is 0 Å². The zero-order valence-electron chi connectivity index (χ0n) is 10.9. The molecule has 0 amide bonds. The van der Waals surface area contributed by atoms with E-state index in [1.54, 1.807) is 0 Å². The van der Waals surface area contributed by atoms with Crippen LogP contribution in [-0.4, -0.2) is 31.9 Å². The molecule has 1 aromatic rings. The van der Waals surface area contributed by atoms with E-state index in [4.69, 9.17) is 17.3 Å². The molecule has 118 valence electrons. The second kappa shape index (κ2) is 5.75. The van der Waals surface area contributed by atoms with Crippen LogP contribution in [0.5, 0.6) is 0 Å². The number of halogens is 4. The second-order valence-corrected chi connectivity index (χ2v) is 7.08. The van der Waals surface area contributed by atoms with Crippen molar-refractivity contribution in [2.24, 2.45) is 5.73 Å². The number of hydrogen-bond acceptors (Lipinski definition) is 3. The van der Waals surface area contributed by atoms with Crippen LogP contribution in [0.25, 0.3) is 0 Å². The van der Waals surface area contributed by atoms with Crippen molar-refractivity contribution < 1.29 is 21.6 Å². The van der Waals surface area contributed by atoms with Gasteiger partial charge in [-0.1, -0.05) is 11.6 Å². The minimum absolute atomic E-state index is 0.138. The summed E-state index contributed by atoms with van der Waals surface area (Å²) >= 11 is 5.50. The first kappa shape index (κ1) is 16.5. The number of sulfonamides is 1. The maximum Gasteiger partial charge on any atom is 0.417 e. The molecule has 1 unspecified atom stereocenters. The number of benzene rings is 1. The zero-order valence-corrected chi connectivity index (χ0v) is 12.5. The van der Waals surface area contributed by atoms with Gasteiger partial charge >= 0.3 is 6.18 Å². The summed E-state index contributed by atoms with van der Waals surface area (Å²) in [4.78, 5) is -0.417. The summed E-state index contributed by atoms with van der Waals surface area (Å²) in [6.07, 6.45) is -3.46. The molecule has 0 saturated carbocycles. The Morgan fingerprint density at radius 3 is 2.62 bits per heavy atom. The first-order valence-electron chi connectivity index (χ1n) is 6.26. The van der Waals surface area contributed by atoms with Crippen LogP contribution in [0.1, 0.15) is 18.4 Å². The van der Waals surface area contributed by atoms with Gasteiger partial charge in [-0.05, 0) is 31.0 Å². The first-order chi connectivity index (χ1) is 9.67. The monoisotopic (exact) mass is 342 g/mol. The Morgan fingerprint density at radius 1 is 1.38 bits per heavy atom. The third-order valence-corrected chi connectivity index (χ3v) is 5.72. The van der Waals surface area contributed by atoms with Crippen molar-refractivity contribution >= 4 is 21.6 Å². The van der Waals surface area contributed by atoms with Gasteiger partial charge in [-0.3, -0.25) is 0 Å². The summed E-state index contributed by atoms with van der Waals surface area (Å²) < 4.78 is 64.5. The van der Waals surface area contributed by atoms with E-state index in [1.165, 1.54) is 0 Å². The van der Waals surface area contributed by atoms with E-state index in [-0.39, 0.29) is 19.1 Å². The van der Waals surface area contributed by atoms with Crippen molar-refractivity contribution in [1.82, 2.24) is 4.31 Å². The maximum absolute atomic E-state index is 12.8. The molecule has 0 radical (unpaired) electrons. The summed E-state index contributed by atoms with van der Waals surface area (Å²) in [7, 11) is -4.00. The summed E-state index contributed by atoms with van der Waals surface area (Å²) in [6.45, 7) is 0.396. The van der Waals surface area contributed by atoms with Crippen LogP contribution in [-0.2, 0) is 16.2 Å². The predicted octanol–water partition coefficient (Wildman–Crippen LogP) is 2.47. The Labute approximate surface area is 125 Å². The molecule has 2 rings (SSSR count). The van der Waals surface area contributed by atoms with E-state index >= 15 is 0 Å². The van der Waals surface area contributed by atoms with E-state index < -0.39 is 31.7 Å². The summed E-state index contributed by atoms with van der Waals surface area (Å²) in [5, 5.41) is -0.529. The van der Waals surface area contributed by atoms with Crippen molar-refractivity contribution in [3.05, 3.63) is 28.8 Å². The quantitative estimate of drug-likeness (QED) is 0.917. The molecule has 4 nitrogen and oxygen atoms in total. The lowest BCUT2D eigenvalue weighted by molar-refractivity contribution is -0.137. The first-order valence-corrected chi connectivity index (χ1v) is 8.08. The van der Waals surface area contributed by atoms with Crippen LogP contribution in [0.15, 0.2) is 23.1 Å². The molecule has 0 spiro atoms. The van der Waals surface area contributed by atoms with Gasteiger partial charge < -0.3 is 5.73 Å². The fraction of sp³-hybridized carbons (Fsp3) is 0.500. The number of alkyl halides is 3. The lowest BCUT2D eigenvalue weighted by atomic mass is 10.2. The SMILES string of the molecule is NCC1CCCN1S(=O)(=O)c1ccc(Cl)c(C(F)(F)F)c1. The largest absolute Gasteiger partial charge is 0.417 e. The third kappa shape index (κ3) is 3.18. The Kier molecular flexibility index (Phi) is 4.53. The molecule has 1 saturated heterocycles. The van der Waals surface area contributed by atoms with Crippen LogP contribution < -0.4 is 5.73 Å². The second-order valence-electron chi connectivity index (χ2n) is 4.79. The molecule has 0 bridgehead atoms. The highest BCUT2D eigenvalue weighted by Gasteiger charge is 2.38. The van der Waals surface area contributed by atoms with Crippen molar-refractivity contribution in [2.75, 3.05) is 13.1 Å². The van der Waals surface area contributed by atoms with Gasteiger partial charge in [-0.2, -0.15) is 17.5 Å². The van der Waals surface area contributed by atoms with Crippen LogP contribution in [0.2, 0.25) is 5.02 Å². The molecule has 0 aromatic heterocycles. The molecular formula is C12H14ClF3N2O2S. The van der Waals surface area contributed by atoms with Gasteiger partial charge in [0.2, 0.25) is 10.0 Å². The Hall–Kier alpha value is -0.830. The normalized spacial score (nSPS) is 20.9. The topological polar surface area (TPSA) is 63.4 Å². The molecule has 1 aliphatic rings. The van der Waals surface area contributed by atoms with Crippen molar-refractivity contribution in [3.63, 3.8) is 0 Å². The summed E-state index contributed by atoms with van der Waals surface area (Å²) in [5.41, 5.74) is 4.36. The van der Waals surface area contributed by atoms with Crippen molar-refractivity contribution in [2.45, 2.75) is 30.0 Å². The number of nitrogens with zero attached hydrogens (tertiary/aromatic N) is 1. The van der Waals surface area contributed by atoms with Gasteiger partial charge in [0.25, 0.3) is 0 Å². The fourth-order valence-corrected chi connectivity index (χ4v) is 4.33. The van der Waals surface area contributed by atoms with Gasteiger partial charge in [-0.15, -0.1) is 0 Å². The summed E-state index contributed by atoms with van der Waals surface area (Å²) in [5.74, 6) is 0. The molecule has 1 heterocycles. The molecule has 21 heavy (non-hydrogen) atoms. The predicted molar refractivity (Wildman–Crippen MR) is 72.4 cm³/mol. The minimum atomic E-state index is -4.71. The highest BCUT2D eigenvalue weighted by Crippen LogP contribution is 2.37. The van der Waals surface area contributed by atoms with E-state index in [1.807, 2.05) is 0 Å². The smallest absolute Gasteiger partial charge is 0.329 e.